The molecule has 1 N–H and O–H groups in total. The third-order valence-corrected chi connectivity index (χ3v) is 5.14. The van der Waals surface area contributed by atoms with Gasteiger partial charge in [-0.25, -0.2) is 19.0 Å². The van der Waals surface area contributed by atoms with E-state index in [9.17, 15) is 9.18 Å². The molecule has 4 aromatic rings. The molecule has 0 unspecified atom stereocenters. The van der Waals surface area contributed by atoms with Crippen LogP contribution in [0.3, 0.4) is 0 Å². The first kappa shape index (κ1) is 18.9. The molecule has 7 nitrogen and oxygen atoms in total. The molecular formula is C20H16FN5O2S. The zero-order chi connectivity index (χ0) is 20.2. The van der Waals surface area contributed by atoms with Crippen LogP contribution in [0.1, 0.15) is 0 Å². The number of thioether (sulfide) groups is 1. The van der Waals surface area contributed by atoms with Crippen molar-refractivity contribution in [3.8, 4) is 11.4 Å². The highest BCUT2D eigenvalue weighted by atomic mass is 32.2. The lowest BCUT2D eigenvalue weighted by Gasteiger charge is -2.07. The molecule has 2 aromatic heterocycles. The molecule has 0 radical (unpaired) electrons. The fraction of sp³-hybridized carbons (Fsp3) is 0.100. The number of amides is 1. The Morgan fingerprint density at radius 2 is 1.97 bits per heavy atom. The van der Waals surface area contributed by atoms with Crippen LogP contribution in [0.15, 0.2) is 66.1 Å². The monoisotopic (exact) mass is 409 g/mol. The number of nitrogens with zero attached hydrogens (tertiary/aromatic N) is 4. The SMILES string of the molecule is COc1ccc(-n2ncc3c(SCC(=O)Nc4ccccc4F)ncnc32)cc1. The third kappa shape index (κ3) is 4.04. The molecule has 29 heavy (non-hydrogen) atoms. The van der Waals surface area contributed by atoms with Gasteiger partial charge >= 0.3 is 0 Å². The van der Waals surface area contributed by atoms with Gasteiger partial charge < -0.3 is 10.1 Å². The van der Waals surface area contributed by atoms with Crippen LogP contribution in [-0.4, -0.2) is 38.5 Å². The average molecular weight is 409 g/mol. The molecule has 0 aliphatic heterocycles. The molecule has 146 valence electrons. The summed E-state index contributed by atoms with van der Waals surface area (Å²) >= 11 is 1.24. The molecule has 9 heteroatoms. The van der Waals surface area contributed by atoms with Crippen LogP contribution in [0, 0.1) is 5.82 Å². The molecule has 1 amide bonds. The summed E-state index contributed by atoms with van der Waals surface area (Å²) in [5.41, 5.74) is 1.60. The number of benzene rings is 2. The Morgan fingerprint density at radius 1 is 1.17 bits per heavy atom. The van der Waals surface area contributed by atoms with E-state index < -0.39 is 5.82 Å². The number of carbonyl (C=O) groups excluding carboxylic acids is 1. The highest BCUT2D eigenvalue weighted by molar-refractivity contribution is 8.00. The van der Waals surface area contributed by atoms with Crippen molar-refractivity contribution >= 4 is 34.4 Å². The number of hydrogen-bond acceptors (Lipinski definition) is 6. The smallest absolute Gasteiger partial charge is 0.234 e. The van der Waals surface area contributed by atoms with Crippen molar-refractivity contribution in [1.29, 1.82) is 0 Å². The number of nitrogens with one attached hydrogen (secondary N) is 1. The number of methoxy groups -OCH3 is 1. The Hall–Kier alpha value is -3.46. The fourth-order valence-electron chi connectivity index (χ4n) is 2.73. The maximum atomic E-state index is 13.7. The van der Waals surface area contributed by atoms with E-state index in [1.54, 1.807) is 30.1 Å². The molecule has 0 saturated heterocycles. The van der Waals surface area contributed by atoms with Gasteiger partial charge in [0.25, 0.3) is 0 Å². The molecule has 2 aromatic carbocycles. The zero-order valence-electron chi connectivity index (χ0n) is 15.4. The van der Waals surface area contributed by atoms with E-state index in [2.05, 4.69) is 20.4 Å². The van der Waals surface area contributed by atoms with E-state index >= 15 is 0 Å². The molecule has 0 aliphatic carbocycles. The summed E-state index contributed by atoms with van der Waals surface area (Å²) in [5, 5.41) is 8.31. The van der Waals surface area contributed by atoms with E-state index in [1.807, 2.05) is 24.3 Å². The standard InChI is InChI=1S/C20H16FN5O2S/c1-28-14-8-6-13(7-9-14)26-19-15(10-24-26)20(23-12-22-19)29-11-18(27)25-17-5-3-2-4-16(17)21/h2-10,12H,11H2,1H3,(H,25,27). The topological polar surface area (TPSA) is 81.9 Å². The number of aromatic nitrogens is 4. The van der Waals surface area contributed by atoms with E-state index in [0.717, 1.165) is 16.8 Å². The zero-order valence-corrected chi connectivity index (χ0v) is 16.2. The number of para-hydroxylation sites is 1. The lowest BCUT2D eigenvalue weighted by atomic mass is 10.3. The first-order chi connectivity index (χ1) is 14.2. The lowest BCUT2D eigenvalue weighted by molar-refractivity contribution is -0.113. The molecule has 0 bridgehead atoms. The van der Waals surface area contributed by atoms with Gasteiger partial charge in [0.05, 0.1) is 35.8 Å². The van der Waals surface area contributed by atoms with Crippen LogP contribution in [0.2, 0.25) is 0 Å². The first-order valence-electron chi connectivity index (χ1n) is 8.66. The Morgan fingerprint density at radius 3 is 2.72 bits per heavy atom. The minimum atomic E-state index is -0.476. The number of carbonyl (C=O) groups is 1. The Labute approximate surface area is 169 Å². The fourth-order valence-corrected chi connectivity index (χ4v) is 3.49. The van der Waals surface area contributed by atoms with Gasteiger partial charge in [0.15, 0.2) is 5.65 Å². The second-order valence-corrected chi connectivity index (χ2v) is 6.95. The molecular weight excluding hydrogens is 393 g/mol. The van der Waals surface area contributed by atoms with Gasteiger partial charge in [0.1, 0.15) is 22.9 Å². The normalized spacial score (nSPS) is 10.8. The molecule has 0 atom stereocenters. The summed E-state index contributed by atoms with van der Waals surface area (Å²) in [6.45, 7) is 0. The number of ether oxygens (including phenoxy) is 1. The first-order valence-corrected chi connectivity index (χ1v) is 9.64. The number of fused-ring (bicyclic) bond motifs is 1. The molecule has 2 heterocycles. The van der Waals surface area contributed by atoms with Crippen LogP contribution < -0.4 is 10.1 Å². The summed E-state index contributed by atoms with van der Waals surface area (Å²) in [5.74, 6) is 0.0242. The maximum Gasteiger partial charge on any atom is 0.234 e. The second-order valence-electron chi connectivity index (χ2n) is 5.99. The van der Waals surface area contributed by atoms with Crippen molar-refractivity contribution in [3.63, 3.8) is 0 Å². The summed E-state index contributed by atoms with van der Waals surface area (Å²) in [6.07, 6.45) is 3.10. The molecule has 0 spiro atoms. The van der Waals surface area contributed by atoms with Crippen LogP contribution in [0.5, 0.6) is 5.75 Å². The van der Waals surface area contributed by atoms with Crippen LogP contribution >= 0.6 is 11.8 Å². The van der Waals surface area contributed by atoms with Crippen molar-refractivity contribution in [2.24, 2.45) is 0 Å². The van der Waals surface area contributed by atoms with E-state index in [1.165, 1.54) is 30.2 Å². The largest absolute Gasteiger partial charge is 0.497 e. The Kier molecular flexibility index (Phi) is 5.39. The summed E-state index contributed by atoms with van der Waals surface area (Å²) in [4.78, 5) is 20.8. The van der Waals surface area contributed by atoms with Crippen molar-refractivity contribution in [2.45, 2.75) is 5.03 Å². The number of halogens is 1. The maximum absolute atomic E-state index is 13.7. The van der Waals surface area contributed by atoms with E-state index in [-0.39, 0.29) is 17.3 Å². The predicted molar refractivity (Wildman–Crippen MR) is 109 cm³/mol. The molecule has 4 rings (SSSR count). The van der Waals surface area contributed by atoms with Gasteiger partial charge in [-0.05, 0) is 36.4 Å². The van der Waals surface area contributed by atoms with Gasteiger partial charge in [-0.15, -0.1) is 0 Å². The van der Waals surface area contributed by atoms with Crippen LogP contribution in [0.4, 0.5) is 10.1 Å². The minimum Gasteiger partial charge on any atom is -0.497 e. The van der Waals surface area contributed by atoms with Crippen molar-refractivity contribution < 1.29 is 13.9 Å². The highest BCUT2D eigenvalue weighted by Crippen LogP contribution is 2.26. The van der Waals surface area contributed by atoms with E-state index in [0.29, 0.717) is 10.7 Å². The number of rotatable bonds is 6. The van der Waals surface area contributed by atoms with Gasteiger partial charge in [0, 0.05) is 0 Å². The van der Waals surface area contributed by atoms with Gasteiger partial charge in [-0.3, -0.25) is 4.79 Å². The van der Waals surface area contributed by atoms with Crippen LogP contribution in [-0.2, 0) is 4.79 Å². The quantitative estimate of drug-likeness (QED) is 0.386. The number of anilines is 1. The lowest BCUT2D eigenvalue weighted by Crippen LogP contribution is -2.15. The van der Waals surface area contributed by atoms with Crippen LogP contribution in [0.25, 0.3) is 16.7 Å². The predicted octanol–water partition coefficient (Wildman–Crippen LogP) is 3.69. The Balaban J connectivity index is 1.52. The summed E-state index contributed by atoms with van der Waals surface area (Å²) in [6, 6.07) is 13.5. The van der Waals surface area contributed by atoms with Gasteiger partial charge in [-0.1, -0.05) is 23.9 Å². The minimum absolute atomic E-state index is 0.0775. The summed E-state index contributed by atoms with van der Waals surface area (Å²) in [7, 11) is 1.61. The number of hydrogen-bond donors (Lipinski definition) is 1. The van der Waals surface area contributed by atoms with Crippen molar-refractivity contribution in [3.05, 3.63) is 66.9 Å². The summed E-state index contributed by atoms with van der Waals surface area (Å²) < 4.78 is 20.5. The molecule has 0 saturated carbocycles. The van der Waals surface area contributed by atoms with E-state index in [4.69, 9.17) is 4.74 Å². The second kappa shape index (κ2) is 8.27. The molecule has 0 aliphatic rings. The Bertz CT molecular complexity index is 1160. The van der Waals surface area contributed by atoms with Gasteiger partial charge in [0.2, 0.25) is 5.91 Å². The highest BCUT2D eigenvalue weighted by Gasteiger charge is 2.14. The van der Waals surface area contributed by atoms with Gasteiger partial charge in [-0.2, -0.15) is 5.10 Å². The van der Waals surface area contributed by atoms with Crippen molar-refractivity contribution in [2.75, 3.05) is 18.2 Å². The third-order valence-electron chi connectivity index (χ3n) is 4.13. The van der Waals surface area contributed by atoms with Crippen molar-refractivity contribution in [1.82, 2.24) is 19.7 Å². The average Bonchev–Trinajstić information content (AvgIpc) is 3.19. The molecule has 0 fully saturated rings.